The van der Waals surface area contributed by atoms with E-state index in [-0.39, 0.29) is 24.0 Å². The van der Waals surface area contributed by atoms with Crippen molar-refractivity contribution in [1.82, 2.24) is 0 Å². The third-order valence-electron chi connectivity index (χ3n) is 7.05. The van der Waals surface area contributed by atoms with Crippen molar-refractivity contribution in [2.45, 2.75) is 64.1 Å². The molecule has 3 aromatic carbocycles. The first-order valence-electron chi connectivity index (χ1n) is 12.6. The van der Waals surface area contributed by atoms with Crippen molar-refractivity contribution in [3.8, 4) is 11.5 Å². The second-order valence-corrected chi connectivity index (χ2v) is 10.4. The molecule has 194 valence electrons. The Morgan fingerprint density at radius 3 is 1.19 bits per heavy atom. The van der Waals surface area contributed by atoms with E-state index in [1.54, 1.807) is 0 Å². The van der Waals surface area contributed by atoms with Crippen LogP contribution in [-0.4, -0.2) is 47.3 Å². The highest BCUT2D eigenvalue weighted by molar-refractivity contribution is 5.45. The van der Waals surface area contributed by atoms with E-state index in [9.17, 15) is 10.2 Å². The van der Waals surface area contributed by atoms with Gasteiger partial charge in [-0.05, 0) is 52.9 Å². The summed E-state index contributed by atoms with van der Waals surface area (Å²) in [6.07, 6.45) is -0.648. The van der Waals surface area contributed by atoms with Crippen LogP contribution in [0.25, 0.3) is 0 Å². The molecule has 0 saturated carbocycles. The van der Waals surface area contributed by atoms with Gasteiger partial charge < -0.3 is 24.8 Å². The molecule has 0 aliphatic carbocycles. The second kappa shape index (κ2) is 11.9. The second-order valence-electron chi connectivity index (χ2n) is 10.4. The lowest BCUT2D eigenvalue weighted by molar-refractivity contribution is 0.0536. The third-order valence-corrected chi connectivity index (χ3v) is 7.05. The van der Waals surface area contributed by atoms with Gasteiger partial charge in [-0.1, -0.05) is 83.1 Å². The lowest BCUT2D eigenvalue weighted by atomic mass is 9.74. The van der Waals surface area contributed by atoms with Gasteiger partial charge in [0.15, 0.2) is 0 Å². The average Bonchev–Trinajstić information content (AvgIpc) is 2.90. The van der Waals surface area contributed by atoms with Gasteiger partial charge in [-0.15, -0.1) is 0 Å². The van der Waals surface area contributed by atoms with Gasteiger partial charge >= 0.3 is 0 Å². The minimum absolute atomic E-state index is 0.0637. The number of ether oxygens (including phenoxy) is 2. The predicted octanol–water partition coefficient (Wildman–Crippen LogP) is 5.22. The highest BCUT2D eigenvalue weighted by Crippen LogP contribution is 2.36. The molecule has 0 aromatic heterocycles. The minimum atomic E-state index is -0.880. The molecule has 2 unspecified atom stereocenters. The van der Waals surface area contributed by atoms with E-state index < -0.39 is 12.2 Å². The smallest absolute Gasteiger partial charge is 0.119 e. The number of hydrogen-bond acceptors (Lipinski definition) is 5. The Hall–Kier alpha value is -2.86. The van der Waals surface area contributed by atoms with Crippen LogP contribution < -0.4 is 9.47 Å². The van der Waals surface area contributed by atoms with Crippen LogP contribution in [0.3, 0.4) is 0 Å². The summed E-state index contributed by atoms with van der Waals surface area (Å²) in [5.41, 5.74) is 4.41. The molecule has 0 amide bonds. The van der Waals surface area contributed by atoms with E-state index in [0.29, 0.717) is 18.8 Å². The SMILES string of the molecule is CCC(O)COc1ccc(C(C)(C)c2ccc(C(C)(C)c3ccc(OCC(O)CO)cc3)cc2)cc1. The molecule has 5 nitrogen and oxygen atoms in total. The minimum Gasteiger partial charge on any atom is -0.491 e. The van der Waals surface area contributed by atoms with Gasteiger partial charge in [0, 0.05) is 10.8 Å². The summed E-state index contributed by atoms with van der Waals surface area (Å²) < 4.78 is 11.2. The van der Waals surface area contributed by atoms with E-state index in [4.69, 9.17) is 14.6 Å². The Bertz CT molecular complexity index is 981. The average molecular weight is 493 g/mol. The van der Waals surface area contributed by atoms with Crippen LogP contribution in [0.15, 0.2) is 72.8 Å². The highest BCUT2D eigenvalue weighted by Gasteiger charge is 2.26. The summed E-state index contributed by atoms with van der Waals surface area (Å²) in [4.78, 5) is 0. The number of aliphatic hydroxyl groups excluding tert-OH is 3. The summed E-state index contributed by atoms with van der Waals surface area (Å²) in [5.74, 6) is 1.43. The molecule has 0 bridgehead atoms. The van der Waals surface area contributed by atoms with E-state index in [0.717, 1.165) is 11.3 Å². The number of aliphatic hydroxyl groups is 3. The van der Waals surface area contributed by atoms with Crippen molar-refractivity contribution in [2.24, 2.45) is 0 Å². The van der Waals surface area contributed by atoms with Gasteiger partial charge in [0.1, 0.15) is 30.8 Å². The molecule has 0 saturated heterocycles. The molecular formula is C31H40O5. The fourth-order valence-corrected chi connectivity index (χ4v) is 4.13. The van der Waals surface area contributed by atoms with E-state index >= 15 is 0 Å². The number of rotatable bonds is 12. The van der Waals surface area contributed by atoms with Gasteiger partial charge in [-0.2, -0.15) is 0 Å². The maximum atomic E-state index is 9.72. The fourth-order valence-electron chi connectivity index (χ4n) is 4.13. The fraction of sp³-hybridized carbons (Fsp3) is 0.419. The van der Waals surface area contributed by atoms with Crippen LogP contribution >= 0.6 is 0 Å². The Morgan fingerprint density at radius 2 is 0.889 bits per heavy atom. The Morgan fingerprint density at radius 1 is 0.583 bits per heavy atom. The van der Waals surface area contributed by atoms with Crippen LogP contribution in [-0.2, 0) is 10.8 Å². The van der Waals surface area contributed by atoms with Gasteiger partial charge in [0.05, 0.1) is 12.7 Å². The van der Waals surface area contributed by atoms with Crippen molar-refractivity contribution in [1.29, 1.82) is 0 Å². The molecule has 36 heavy (non-hydrogen) atoms. The summed E-state index contributed by atoms with van der Waals surface area (Å²) in [6.45, 7) is 10.8. The van der Waals surface area contributed by atoms with Crippen molar-refractivity contribution < 1.29 is 24.8 Å². The number of hydrogen-bond donors (Lipinski definition) is 3. The standard InChI is InChI=1S/C31H40O5/c1-6-26(33)20-35-28-15-11-24(12-16-28)30(2,3)22-7-9-23(10-8-22)31(4,5)25-13-17-29(18-14-25)36-21-27(34)19-32/h7-18,26-27,32-34H,6,19-21H2,1-5H3. The van der Waals surface area contributed by atoms with Gasteiger partial charge in [-0.3, -0.25) is 0 Å². The summed E-state index contributed by atoms with van der Waals surface area (Å²) in [7, 11) is 0. The predicted molar refractivity (Wildman–Crippen MR) is 144 cm³/mol. The molecule has 3 N–H and O–H groups in total. The molecule has 0 radical (unpaired) electrons. The molecule has 5 heteroatoms. The Balaban J connectivity index is 1.71. The molecule has 0 fully saturated rings. The highest BCUT2D eigenvalue weighted by atomic mass is 16.5. The molecule has 3 rings (SSSR count). The normalized spacial score (nSPS) is 13.8. The molecule has 0 aliphatic rings. The lowest BCUT2D eigenvalue weighted by Crippen LogP contribution is -2.22. The summed E-state index contributed by atoms with van der Waals surface area (Å²) >= 11 is 0. The van der Waals surface area contributed by atoms with E-state index in [1.807, 2.05) is 43.3 Å². The van der Waals surface area contributed by atoms with Crippen LogP contribution in [0.5, 0.6) is 11.5 Å². The number of benzene rings is 3. The molecular weight excluding hydrogens is 452 g/mol. The van der Waals surface area contributed by atoms with Crippen molar-refractivity contribution >= 4 is 0 Å². The summed E-state index contributed by atoms with van der Waals surface area (Å²) in [6, 6.07) is 24.8. The quantitative estimate of drug-likeness (QED) is 0.323. The lowest BCUT2D eigenvalue weighted by Gasteiger charge is -2.29. The van der Waals surface area contributed by atoms with Crippen LogP contribution in [0.2, 0.25) is 0 Å². The van der Waals surface area contributed by atoms with Gasteiger partial charge in [0.25, 0.3) is 0 Å². The Labute approximate surface area is 215 Å². The monoisotopic (exact) mass is 492 g/mol. The van der Waals surface area contributed by atoms with Gasteiger partial charge in [0.2, 0.25) is 0 Å². The zero-order valence-corrected chi connectivity index (χ0v) is 22.1. The van der Waals surface area contributed by atoms with Crippen LogP contribution in [0.1, 0.15) is 63.3 Å². The molecule has 3 aromatic rings. The van der Waals surface area contributed by atoms with Crippen molar-refractivity contribution in [2.75, 3.05) is 19.8 Å². The summed E-state index contributed by atoms with van der Waals surface area (Å²) in [5, 5.41) is 28.1. The first-order chi connectivity index (χ1) is 17.1. The molecule has 0 spiro atoms. The zero-order chi connectivity index (χ0) is 26.3. The maximum absolute atomic E-state index is 9.72. The van der Waals surface area contributed by atoms with Crippen LogP contribution in [0.4, 0.5) is 0 Å². The van der Waals surface area contributed by atoms with Crippen molar-refractivity contribution in [3.05, 3.63) is 95.1 Å². The van der Waals surface area contributed by atoms with E-state index in [2.05, 4.69) is 64.1 Å². The molecule has 0 aliphatic heterocycles. The first kappa shape index (κ1) is 27.7. The largest absolute Gasteiger partial charge is 0.491 e. The topological polar surface area (TPSA) is 79.2 Å². The third kappa shape index (κ3) is 6.67. The van der Waals surface area contributed by atoms with Crippen LogP contribution in [0, 0.1) is 0 Å². The maximum Gasteiger partial charge on any atom is 0.119 e. The van der Waals surface area contributed by atoms with Crippen molar-refractivity contribution in [3.63, 3.8) is 0 Å². The first-order valence-corrected chi connectivity index (χ1v) is 12.6. The Kier molecular flexibility index (Phi) is 9.18. The molecule has 2 atom stereocenters. The molecule has 0 heterocycles. The van der Waals surface area contributed by atoms with Gasteiger partial charge in [-0.25, -0.2) is 0 Å². The zero-order valence-electron chi connectivity index (χ0n) is 22.1. The van der Waals surface area contributed by atoms with E-state index in [1.165, 1.54) is 16.7 Å².